The topological polar surface area (TPSA) is 110 Å². The second kappa shape index (κ2) is 11.3. The minimum Gasteiger partial charge on any atom is -0.448 e. The van der Waals surface area contributed by atoms with Gasteiger partial charge < -0.3 is 19.2 Å². The molecule has 3 aromatic heterocycles. The van der Waals surface area contributed by atoms with E-state index in [2.05, 4.69) is 38.8 Å². The largest absolute Gasteiger partial charge is 0.448 e. The Labute approximate surface area is 278 Å². The highest BCUT2D eigenvalue weighted by atomic mass is 32.2. The molecule has 4 heterocycles. The van der Waals surface area contributed by atoms with Gasteiger partial charge >= 0.3 is 6.09 Å². The van der Waals surface area contributed by atoms with Crippen molar-refractivity contribution in [3.05, 3.63) is 108 Å². The van der Waals surface area contributed by atoms with Gasteiger partial charge in [-0.2, -0.15) is 0 Å². The van der Waals surface area contributed by atoms with Crippen LogP contribution >= 0.6 is 0 Å². The summed E-state index contributed by atoms with van der Waals surface area (Å²) in [5.74, 6) is 1.36. The van der Waals surface area contributed by atoms with Crippen molar-refractivity contribution < 1.29 is 17.9 Å². The Morgan fingerprint density at radius 1 is 0.875 bits per heavy atom. The number of sulfone groups is 1. The highest BCUT2D eigenvalue weighted by Gasteiger charge is 2.35. The Bertz CT molecular complexity index is 2260. The van der Waals surface area contributed by atoms with Crippen LogP contribution in [0.3, 0.4) is 0 Å². The number of ether oxygens (including phenoxy) is 1. The van der Waals surface area contributed by atoms with Crippen LogP contribution in [0.4, 0.5) is 4.79 Å². The van der Waals surface area contributed by atoms with Crippen LogP contribution in [0.1, 0.15) is 54.6 Å². The fourth-order valence-electron chi connectivity index (χ4n) is 7.72. The van der Waals surface area contributed by atoms with E-state index in [9.17, 15) is 13.2 Å². The maximum atomic E-state index is 14.0. The third-order valence-electron chi connectivity index (χ3n) is 10.2. The first kappa shape index (κ1) is 29.2. The van der Waals surface area contributed by atoms with Crippen LogP contribution in [0, 0.1) is 5.92 Å². The summed E-state index contributed by atoms with van der Waals surface area (Å²) in [6, 6.07) is 27.0. The standard InChI is InChI=1S/C38H35N5O4S/c44-38(47-23-32-29-14-6-4-12-27(29)28-13-5-7-15-30(28)32)42-20-8-9-25(22-42)43-33(21-24-16-17-24)40-34-35(43)31-18-19-39-36(31)41-37(34)48(45,46)26-10-2-1-3-11-26/h1-7,10-15,18-19,24-25,32H,8-9,16-17,20-23H2,(H,39,41). The number of nitrogens with one attached hydrogen (secondary N) is 1. The van der Waals surface area contributed by atoms with Crippen molar-refractivity contribution in [1.29, 1.82) is 0 Å². The predicted octanol–water partition coefficient (Wildman–Crippen LogP) is 7.28. The molecule has 1 saturated carbocycles. The quantitative estimate of drug-likeness (QED) is 0.193. The van der Waals surface area contributed by atoms with Crippen LogP contribution in [0.2, 0.25) is 0 Å². The lowest BCUT2D eigenvalue weighted by Crippen LogP contribution is -2.41. The third-order valence-corrected chi connectivity index (χ3v) is 11.9. The molecule has 10 heteroatoms. The van der Waals surface area contributed by atoms with Crippen LogP contribution in [0.5, 0.6) is 0 Å². The molecule has 6 aromatic rings. The molecule has 2 fully saturated rings. The normalized spacial score (nSPS) is 17.9. The molecule has 0 spiro atoms. The van der Waals surface area contributed by atoms with Gasteiger partial charge in [0, 0.05) is 37.0 Å². The van der Waals surface area contributed by atoms with Gasteiger partial charge in [0.25, 0.3) is 0 Å². The zero-order valence-corrected chi connectivity index (χ0v) is 27.2. The Balaban J connectivity index is 1.06. The molecule has 1 amide bonds. The van der Waals surface area contributed by atoms with Gasteiger partial charge in [0.05, 0.1) is 16.5 Å². The van der Waals surface area contributed by atoms with E-state index in [1.54, 1.807) is 36.5 Å². The molecule has 1 atom stereocenters. The fraction of sp³-hybridized carbons (Fsp3) is 0.289. The van der Waals surface area contributed by atoms with Crippen molar-refractivity contribution in [3.63, 3.8) is 0 Å². The summed E-state index contributed by atoms with van der Waals surface area (Å²) in [6.07, 6.45) is 6.12. The first-order valence-corrected chi connectivity index (χ1v) is 18.2. The summed E-state index contributed by atoms with van der Waals surface area (Å²) >= 11 is 0. The first-order valence-electron chi connectivity index (χ1n) is 16.8. The molecule has 3 aliphatic rings. The second-order valence-corrected chi connectivity index (χ2v) is 15.1. The van der Waals surface area contributed by atoms with Gasteiger partial charge in [-0.1, -0.05) is 66.7 Å². The van der Waals surface area contributed by atoms with E-state index in [1.165, 1.54) is 22.3 Å². The van der Waals surface area contributed by atoms with Crippen LogP contribution in [-0.4, -0.2) is 58.6 Å². The van der Waals surface area contributed by atoms with Gasteiger partial charge in [-0.05, 0) is 72.1 Å². The highest BCUT2D eigenvalue weighted by molar-refractivity contribution is 7.91. The van der Waals surface area contributed by atoms with Crippen LogP contribution < -0.4 is 0 Å². The number of imidazole rings is 1. The zero-order chi connectivity index (χ0) is 32.4. The molecule has 1 unspecified atom stereocenters. The molecule has 2 aliphatic carbocycles. The molecule has 242 valence electrons. The number of hydrogen-bond acceptors (Lipinski definition) is 6. The molecule has 0 bridgehead atoms. The number of H-pyrrole nitrogens is 1. The van der Waals surface area contributed by atoms with Crippen molar-refractivity contribution in [3.8, 4) is 11.1 Å². The van der Waals surface area contributed by atoms with Crippen molar-refractivity contribution >= 4 is 38.0 Å². The molecule has 1 aliphatic heterocycles. The van der Waals surface area contributed by atoms with E-state index in [-0.39, 0.29) is 34.6 Å². The van der Waals surface area contributed by atoms with Crippen LogP contribution in [0.15, 0.2) is 101 Å². The molecule has 1 N–H and O–H groups in total. The average Bonchev–Trinajstić information content (AvgIpc) is 3.53. The molecule has 3 aromatic carbocycles. The number of hydrogen-bond donors (Lipinski definition) is 1. The Morgan fingerprint density at radius 2 is 1.58 bits per heavy atom. The number of carbonyl (C=O) groups is 1. The maximum absolute atomic E-state index is 14.0. The van der Waals surface area contributed by atoms with Gasteiger partial charge in [0.15, 0.2) is 5.03 Å². The molecule has 9 rings (SSSR count). The second-order valence-electron chi connectivity index (χ2n) is 13.3. The number of likely N-dealkylation sites (tertiary alicyclic amines) is 1. The minimum atomic E-state index is -3.96. The SMILES string of the molecule is O=C(OCC1c2ccccc2-c2ccccc21)N1CCCC(n2c(CC3CC3)nc3c(S(=O)(=O)c4ccccc4)nc4[nH]ccc4c32)C1. The Hall–Kier alpha value is -4.96. The van der Waals surface area contributed by atoms with Crippen LogP contribution in [0.25, 0.3) is 33.2 Å². The molecular formula is C38H35N5O4S. The summed E-state index contributed by atoms with van der Waals surface area (Å²) in [5.41, 5.74) is 6.40. The summed E-state index contributed by atoms with van der Waals surface area (Å²) < 4.78 is 36.3. The van der Waals surface area contributed by atoms with E-state index in [4.69, 9.17) is 9.72 Å². The number of piperidine rings is 1. The van der Waals surface area contributed by atoms with Crippen molar-refractivity contribution in [2.24, 2.45) is 5.92 Å². The lowest BCUT2D eigenvalue weighted by Gasteiger charge is -2.34. The number of fused-ring (bicyclic) bond motifs is 6. The average molecular weight is 658 g/mol. The zero-order valence-electron chi connectivity index (χ0n) is 26.4. The number of amides is 1. The smallest absolute Gasteiger partial charge is 0.409 e. The number of rotatable bonds is 7. The van der Waals surface area contributed by atoms with E-state index in [0.29, 0.717) is 30.2 Å². The number of aromatic amines is 1. The lowest BCUT2D eigenvalue weighted by molar-refractivity contribution is 0.0835. The number of aromatic nitrogens is 4. The van der Waals surface area contributed by atoms with Gasteiger partial charge in [-0.25, -0.2) is 23.2 Å². The minimum absolute atomic E-state index is 0.0102. The Morgan fingerprint density at radius 3 is 2.31 bits per heavy atom. The van der Waals surface area contributed by atoms with Crippen LogP contribution in [-0.2, 0) is 21.0 Å². The molecule has 9 nitrogen and oxygen atoms in total. The summed E-state index contributed by atoms with van der Waals surface area (Å²) in [6.45, 7) is 1.33. The molecule has 48 heavy (non-hydrogen) atoms. The van der Waals surface area contributed by atoms with Crippen molar-refractivity contribution in [2.75, 3.05) is 19.7 Å². The summed E-state index contributed by atoms with van der Waals surface area (Å²) in [5, 5.41) is 0.781. The van der Waals surface area contributed by atoms with Crippen molar-refractivity contribution in [1.82, 2.24) is 24.4 Å². The van der Waals surface area contributed by atoms with E-state index < -0.39 is 9.84 Å². The van der Waals surface area contributed by atoms with Gasteiger partial charge in [-0.15, -0.1) is 0 Å². The van der Waals surface area contributed by atoms with E-state index in [0.717, 1.165) is 48.8 Å². The monoisotopic (exact) mass is 657 g/mol. The molecular weight excluding hydrogens is 623 g/mol. The van der Waals surface area contributed by atoms with E-state index >= 15 is 0 Å². The Kier molecular flexibility index (Phi) is 6.89. The van der Waals surface area contributed by atoms with E-state index in [1.807, 2.05) is 35.2 Å². The summed E-state index contributed by atoms with van der Waals surface area (Å²) in [7, 11) is -3.96. The van der Waals surface area contributed by atoms with Gasteiger partial charge in [0.1, 0.15) is 23.6 Å². The highest BCUT2D eigenvalue weighted by Crippen LogP contribution is 2.45. The molecule has 1 saturated heterocycles. The number of benzene rings is 3. The lowest BCUT2D eigenvalue weighted by atomic mass is 9.98. The molecule has 0 radical (unpaired) electrons. The number of pyridine rings is 1. The van der Waals surface area contributed by atoms with Gasteiger partial charge in [-0.3, -0.25) is 0 Å². The van der Waals surface area contributed by atoms with Crippen molar-refractivity contribution in [2.45, 2.75) is 54.0 Å². The fourth-order valence-corrected chi connectivity index (χ4v) is 9.06. The summed E-state index contributed by atoms with van der Waals surface area (Å²) in [4.78, 5) is 28.6. The first-order chi connectivity index (χ1) is 23.5. The third kappa shape index (κ3) is 4.80. The van der Waals surface area contributed by atoms with Gasteiger partial charge in [0.2, 0.25) is 9.84 Å². The predicted molar refractivity (Wildman–Crippen MR) is 183 cm³/mol. The number of carbonyl (C=O) groups excluding carboxylic acids is 1. The number of nitrogens with zero attached hydrogens (tertiary/aromatic N) is 4. The maximum Gasteiger partial charge on any atom is 0.409 e.